The van der Waals surface area contributed by atoms with E-state index < -0.39 is 17.7 Å². The highest BCUT2D eigenvalue weighted by atomic mass is 35.5. The van der Waals surface area contributed by atoms with E-state index in [0.29, 0.717) is 24.3 Å². The molecular weight excluding hydrogens is 283 g/mol. The van der Waals surface area contributed by atoms with Crippen LogP contribution in [0, 0.1) is 0 Å². The van der Waals surface area contributed by atoms with Gasteiger partial charge >= 0.3 is 12.1 Å². The van der Waals surface area contributed by atoms with Gasteiger partial charge in [-0.3, -0.25) is 0 Å². The molecule has 0 aliphatic heterocycles. The molecule has 3 nitrogen and oxygen atoms in total. The first-order valence-electron chi connectivity index (χ1n) is 5.61. The van der Waals surface area contributed by atoms with Gasteiger partial charge in [0.25, 0.3) is 0 Å². The normalized spacial score (nSPS) is 17.1. The Labute approximate surface area is 112 Å². The molecule has 19 heavy (non-hydrogen) atoms. The molecule has 2 rings (SSSR count). The van der Waals surface area contributed by atoms with E-state index in [1.807, 2.05) is 0 Å². The van der Waals surface area contributed by atoms with Crippen LogP contribution in [0.5, 0.6) is 0 Å². The standard InChI is InChI=1S/C12H11ClF3NO2/c13-9-4-2-1-3-8(9)7-11(5-6-11)17-19-10(18)12(14,15)16/h1-4,17H,5-7H2. The average Bonchev–Trinajstić information content (AvgIpc) is 3.08. The number of rotatable bonds is 4. The number of carbonyl (C=O) groups excluding carboxylic acids is 1. The molecular formula is C12H11ClF3NO2. The van der Waals surface area contributed by atoms with Gasteiger partial charge in [-0.05, 0) is 30.9 Å². The minimum atomic E-state index is -4.99. The van der Waals surface area contributed by atoms with E-state index in [1.165, 1.54) is 0 Å². The molecule has 0 saturated heterocycles. The van der Waals surface area contributed by atoms with Gasteiger partial charge < -0.3 is 4.84 Å². The zero-order valence-corrected chi connectivity index (χ0v) is 10.5. The molecule has 1 N–H and O–H groups in total. The largest absolute Gasteiger partial charge is 0.492 e. The molecule has 0 spiro atoms. The number of nitrogens with one attached hydrogen (secondary N) is 1. The summed E-state index contributed by atoms with van der Waals surface area (Å²) in [6.45, 7) is 0. The molecule has 1 aliphatic carbocycles. The Morgan fingerprint density at radius 3 is 2.53 bits per heavy atom. The quantitative estimate of drug-likeness (QED) is 0.867. The van der Waals surface area contributed by atoms with E-state index in [-0.39, 0.29) is 0 Å². The minimum Gasteiger partial charge on any atom is -0.363 e. The van der Waals surface area contributed by atoms with Gasteiger partial charge in [-0.15, -0.1) is 5.48 Å². The fraction of sp³-hybridized carbons (Fsp3) is 0.417. The molecule has 1 aliphatic rings. The summed E-state index contributed by atoms with van der Waals surface area (Å²) in [6, 6.07) is 7.05. The number of hydroxylamine groups is 1. The second-order valence-corrected chi connectivity index (χ2v) is 4.95. The highest BCUT2D eigenvalue weighted by molar-refractivity contribution is 6.31. The van der Waals surface area contributed by atoms with Crippen LogP contribution in [-0.2, 0) is 16.1 Å². The van der Waals surface area contributed by atoms with Crippen LogP contribution in [0.15, 0.2) is 24.3 Å². The first kappa shape index (κ1) is 14.1. The van der Waals surface area contributed by atoms with Crippen molar-refractivity contribution >= 4 is 17.6 Å². The second kappa shape index (κ2) is 5.02. The molecule has 1 saturated carbocycles. The van der Waals surface area contributed by atoms with Crippen molar-refractivity contribution in [1.29, 1.82) is 0 Å². The number of halogens is 4. The zero-order valence-electron chi connectivity index (χ0n) is 9.76. The molecule has 0 radical (unpaired) electrons. The smallest absolute Gasteiger partial charge is 0.363 e. The van der Waals surface area contributed by atoms with Crippen molar-refractivity contribution in [2.24, 2.45) is 0 Å². The third-order valence-electron chi connectivity index (χ3n) is 2.93. The molecule has 1 aromatic carbocycles. The number of hydrogen-bond donors (Lipinski definition) is 1. The lowest BCUT2D eigenvalue weighted by Crippen LogP contribution is -2.39. The van der Waals surface area contributed by atoms with Crippen molar-refractivity contribution < 1.29 is 22.8 Å². The first-order chi connectivity index (χ1) is 8.82. The Hall–Kier alpha value is -1.27. The van der Waals surface area contributed by atoms with Crippen molar-refractivity contribution in [2.45, 2.75) is 31.0 Å². The van der Waals surface area contributed by atoms with Gasteiger partial charge in [0.2, 0.25) is 0 Å². The molecule has 0 heterocycles. The van der Waals surface area contributed by atoms with Crippen LogP contribution in [-0.4, -0.2) is 17.7 Å². The Morgan fingerprint density at radius 2 is 2.00 bits per heavy atom. The molecule has 0 unspecified atom stereocenters. The predicted molar refractivity (Wildman–Crippen MR) is 62.4 cm³/mol. The lowest BCUT2D eigenvalue weighted by molar-refractivity contribution is -0.209. The fourth-order valence-corrected chi connectivity index (χ4v) is 1.89. The summed E-state index contributed by atoms with van der Waals surface area (Å²) in [5.41, 5.74) is 2.39. The van der Waals surface area contributed by atoms with Crippen LogP contribution >= 0.6 is 11.6 Å². The summed E-state index contributed by atoms with van der Waals surface area (Å²) >= 11 is 5.98. The van der Waals surface area contributed by atoms with Gasteiger partial charge in [0, 0.05) is 5.02 Å². The number of hydrogen-bond acceptors (Lipinski definition) is 3. The number of carbonyl (C=O) groups is 1. The number of alkyl halides is 3. The van der Waals surface area contributed by atoms with Crippen LogP contribution in [0.2, 0.25) is 5.02 Å². The van der Waals surface area contributed by atoms with Crippen molar-refractivity contribution in [3.8, 4) is 0 Å². The van der Waals surface area contributed by atoms with Crippen LogP contribution in [0.25, 0.3) is 0 Å². The Balaban J connectivity index is 1.94. The first-order valence-corrected chi connectivity index (χ1v) is 5.99. The Morgan fingerprint density at radius 1 is 1.37 bits per heavy atom. The van der Waals surface area contributed by atoms with Crippen molar-refractivity contribution in [3.63, 3.8) is 0 Å². The highest BCUT2D eigenvalue weighted by Crippen LogP contribution is 2.40. The Kier molecular flexibility index (Phi) is 3.73. The van der Waals surface area contributed by atoms with Crippen molar-refractivity contribution in [3.05, 3.63) is 34.9 Å². The summed E-state index contributed by atoms with van der Waals surface area (Å²) < 4.78 is 36.0. The van der Waals surface area contributed by atoms with E-state index in [9.17, 15) is 18.0 Å². The second-order valence-electron chi connectivity index (χ2n) is 4.54. The number of benzene rings is 1. The van der Waals surface area contributed by atoms with E-state index in [1.54, 1.807) is 24.3 Å². The van der Waals surface area contributed by atoms with Crippen molar-refractivity contribution in [1.82, 2.24) is 5.48 Å². The SMILES string of the molecule is O=C(ONC1(Cc2ccccc2Cl)CC1)C(F)(F)F. The summed E-state index contributed by atoms with van der Waals surface area (Å²) in [6.07, 6.45) is -3.32. The van der Waals surface area contributed by atoms with E-state index in [0.717, 1.165) is 5.56 Å². The predicted octanol–water partition coefficient (Wildman–Crippen LogP) is 3.03. The zero-order chi connectivity index (χ0) is 14.1. The van der Waals surface area contributed by atoms with Gasteiger partial charge in [-0.25, -0.2) is 4.79 Å². The molecule has 0 amide bonds. The summed E-state index contributed by atoms with van der Waals surface area (Å²) in [4.78, 5) is 14.7. The van der Waals surface area contributed by atoms with Gasteiger partial charge in [0.15, 0.2) is 0 Å². The Bertz CT molecular complexity index is 486. The van der Waals surface area contributed by atoms with Gasteiger partial charge in [0.1, 0.15) is 0 Å². The minimum absolute atomic E-state index is 0.414. The maximum atomic E-state index is 12.0. The maximum absolute atomic E-state index is 12.0. The van der Waals surface area contributed by atoms with Gasteiger partial charge in [0.05, 0.1) is 5.54 Å². The topological polar surface area (TPSA) is 38.3 Å². The monoisotopic (exact) mass is 293 g/mol. The molecule has 0 atom stereocenters. The van der Waals surface area contributed by atoms with E-state index in [4.69, 9.17) is 11.6 Å². The molecule has 0 bridgehead atoms. The molecule has 1 fully saturated rings. The molecule has 104 valence electrons. The van der Waals surface area contributed by atoms with Crippen LogP contribution < -0.4 is 5.48 Å². The lowest BCUT2D eigenvalue weighted by atomic mass is 10.1. The van der Waals surface area contributed by atoms with Gasteiger partial charge in [-0.1, -0.05) is 29.8 Å². The molecule has 1 aromatic rings. The van der Waals surface area contributed by atoms with Gasteiger partial charge in [-0.2, -0.15) is 13.2 Å². The van der Waals surface area contributed by atoms with Crippen LogP contribution in [0.1, 0.15) is 18.4 Å². The molecule has 7 heteroatoms. The maximum Gasteiger partial charge on any atom is 0.492 e. The van der Waals surface area contributed by atoms with E-state index >= 15 is 0 Å². The van der Waals surface area contributed by atoms with E-state index in [2.05, 4.69) is 10.3 Å². The third kappa shape index (κ3) is 3.61. The molecule has 0 aromatic heterocycles. The third-order valence-corrected chi connectivity index (χ3v) is 3.30. The highest BCUT2D eigenvalue weighted by Gasteiger charge is 2.47. The average molecular weight is 294 g/mol. The summed E-state index contributed by atoms with van der Waals surface area (Å²) in [5, 5.41) is 0.540. The summed E-state index contributed by atoms with van der Waals surface area (Å²) in [5.74, 6) is -2.24. The fourth-order valence-electron chi connectivity index (χ4n) is 1.68. The van der Waals surface area contributed by atoms with Crippen LogP contribution in [0.3, 0.4) is 0 Å². The van der Waals surface area contributed by atoms with Crippen LogP contribution in [0.4, 0.5) is 13.2 Å². The summed E-state index contributed by atoms with van der Waals surface area (Å²) in [7, 11) is 0. The van der Waals surface area contributed by atoms with Crippen molar-refractivity contribution in [2.75, 3.05) is 0 Å². The lowest BCUT2D eigenvalue weighted by Gasteiger charge is -2.17.